The fourth-order valence-electron chi connectivity index (χ4n) is 2.08. The van der Waals surface area contributed by atoms with Gasteiger partial charge in [-0.2, -0.15) is 14.9 Å². The van der Waals surface area contributed by atoms with E-state index in [1.54, 1.807) is 29.1 Å². The number of hydrogen-bond donors (Lipinski definition) is 2. The van der Waals surface area contributed by atoms with Gasteiger partial charge in [-0.15, -0.1) is 0 Å². The van der Waals surface area contributed by atoms with Crippen molar-refractivity contribution in [2.24, 2.45) is 5.10 Å². The molecule has 5 nitrogen and oxygen atoms in total. The number of halogens is 1. The maximum atomic E-state index is 9.83. The minimum Gasteiger partial charge on any atom is -0.507 e. The van der Waals surface area contributed by atoms with Crippen molar-refractivity contribution in [3.05, 3.63) is 38.8 Å². The molecule has 1 aromatic carbocycles. The molecule has 0 saturated heterocycles. The minimum absolute atomic E-state index is 0.168. The van der Waals surface area contributed by atoms with Gasteiger partial charge in [0, 0.05) is 16.0 Å². The molecular weight excluding hydrogens is 352 g/mol. The molecule has 112 valence electrons. The van der Waals surface area contributed by atoms with Crippen LogP contribution in [-0.2, 0) is 0 Å². The lowest BCUT2D eigenvalue weighted by molar-refractivity contribution is 0.474. The van der Waals surface area contributed by atoms with Crippen LogP contribution in [0.4, 0.5) is 0 Å². The Hall–Kier alpha value is -1.47. The van der Waals surface area contributed by atoms with Crippen LogP contribution in [0.2, 0.25) is 0 Å². The third-order valence-corrected chi connectivity index (χ3v) is 4.09. The number of nitrogens with one attached hydrogen (secondary N) is 1. The summed E-state index contributed by atoms with van der Waals surface area (Å²) in [6.45, 7) is 4.22. The Morgan fingerprint density at radius 2 is 2.19 bits per heavy atom. The first kappa shape index (κ1) is 15.9. The molecule has 1 aromatic heterocycles. The van der Waals surface area contributed by atoms with Crippen LogP contribution in [-0.4, -0.2) is 26.2 Å². The first-order valence-electron chi connectivity index (χ1n) is 6.77. The van der Waals surface area contributed by atoms with E-state index in [1.807, 2.05) is 0 Å². The largest absolute Gasteiger partial charge is 0.507 e. The predicted molar refractivity (Wildman–Crippen MR) is 89.5 cm³/mol. The zero-order valence-electron chi connectivity index (χ0n) is 11.9. The predicted octanol–water partition coefficient (Wildman–Crippen LogP) is 4.19. The van der Waals surface area contributed by atoms with Crippen LogP contribution in [0.25, 0.3) is 0 Å². The molecule has 0 aliphatic carbocycles. The van der Waals surface area contributed by atoms with Crippen molar-refractivity contribution in [3.8, 4) is 5.75 Å². The van der Waals surface area contributed by atoms with Crippen LogP contribution in [0.1, 0.15) is 44.0 Å². The number of aromatic amines is 1. The molecule has 0 atom stereocenters. The Morgan fingerprint density at radius 1 is 1.48 bits per heavy atom. The number of phenols is 1. The molecule has 1 heterocycles. The molecule has 2 N–H and O–H groups in total. The van der Waals surface area contributed by atoms with Crippen molar-refractivity contribution in [1.29, 1.82) is 0 Å². The maximum absolute atomic E-state index is 9.83. The SMILES string of the molecule is CCC(CC)c1n[nH]c(=S)n1/N=C\c1cc(Br)ccc1O. The number of aromatic nitrogens is 3. The third kappa shape index (κ3) is 3.59. The highest BCUT2D eigenvalue weighted by molar-refractivity contribution is 9.10. The standard InChI is InChI=1S/C14H17BrN4OS/c1-3-9(4-2)13-17-18-14(21)19(13)16-8-10-7-11(15)5-6-12(10)20/h5-9,20H,3-4H2,1-2H3,(H,18,21)/b16-8-. The van der Waals surface area contributed by atoms with E-state index in [0.717, 1.165) is 23.1 Å². The first-order valence-corrected chi connectivity index (χ1v) is 7.97. The average Bonchev–Trinajstić information content (AvgIpc) is 2.83. The van der Waals surface area contributed by atoms with E-state index < -0.39 is 0 Å². The van der Waals surface area contributed by atoms with Crippen molar-refractivity contribution in [3.63, 3.8) is 0 Å². The van der Waals surface area contributed by atoms with Gasteiger partial charge in [-0.3, -0.25) is 5.10 Å². The first-order chi connectivity index (χ1) is 10.1. The monoisotopic (exact) mass is 368 g/mol. The van der Waals surface area contributed by atoms with E-state index >= 15 is 0 Å². The molecule has 0 radical (unpaired) electrons. The van der Waals surface area contributed by atoms with E-state index in [1.165, 1.54) is 0 Å². The molecule has 2 rings (SSSR count). The quantitative estimate of drug-likeness (QED) is 0.613. The van der Waals surface area contributed by atoms with Gasteiger partial charge in [0.1, 0.15) is 5.75 Å². The smallest absolute Gasteiger partial charge is 0.216 e. The lowest BCUT2D eigenvalue weighted by Crippen LogP contribution is -2.05. The second-order valence-electron chi connectivity index (χ2n) is 4.66. The second kappa shape index (κ2) is 7.00. The summed E-state index contributed by atoms with van der Waals surface area (Å²) in [5.41, 5.74) is 0.614. The Balaban J connectivity index is 2.39. The van der Waals surface area contributed by atoms with Gasteiger partial charge in [-0.05, 0) is 43.3 Å². The topological polar surface area (TPSA) is 66.2 Å². The highest BCUT2D eigenvalue weighted by atomic mass is 79.9. The van der Waals surface area contributed by atoms with Gasteiger partial charge in [0.15, 0.2) is 5.82 Å². The van der Waals surface area contributed by atoms with Gasteiger partial charge >= 0.3 is 0 Å². The van der Waals surface area contributed by atoms with Crippen molar-refractivity contribution in [1.82, 2.24) is 14.9 Å². The highest BCUT2D eigenvalue weighted by Gasteiger charge is 2.15. The number of hydrogen-bond acceptors (Lipinski definition) is 4. The summed E-state index contributed by atoms with van der Waals surface area (Å²) < 4.78 is 2.94. The number of phenolic OH excluding ortho intramolecular Hbond substituents is 1. The normalized spacial score (nSPS) is 11.6. The van der Waals surface area contributed by atoms with Crippen LogP contribution in [0, 0.1) is 4.77 Å². The number of benzene rings is 1. The molecule has 0 saturated carbocycles. The molecule has 0 aliphatic rings. The van der Waals surface area contributed by atoms with Crippen molar-refractivity contribution >= 4 is 34.4 Å². The number of rotatable bonds is 5. The summed E-state index contributed by atoms with van der Waals surface area (Å²) in [5.74, 6) is 1.28. The van der Waals surface area contributed by atoms with Crippen molar-refractivity contribution < 1.29 is 5.11 Å². The highest BCUT2D eigenvalue weighted by Crippen LogP contribution is 2.22. The van der Waals surface area contributed by atoms with Gasteiger partial charge < -0.3 is 5.11 Å². The van der Waals surface area contributed by atoms with Crippen LogP contribution in [0.15, 0.2) is 27.8 Å². The van der Waals surface area contributed by atoms with Gasteiger partial charge in [0.25, 0.3) is 0 Å². The van der Waals surface area contributed by atoms with Crippen LogP contribution in [0.5, 0.6) is 5.75 Å². The van der Waals surface area contributed by atoms with Gasteiger partial charge in [-0.1, -0.05) is 29.8 Å². The van der Waals surface area contributed by atoms with Crippen LogP contribution < -0.4 is 0 Å². The lowest BCUT2D eigenvalue weighted by atomic mass is 10.0. The second-order valence-corrected chi connectivity index (χ2v) is 5.96. The maximum Gasteiger partial charge on any atom is 0.216 e. The Bertz CT molecular complexity index is 703. The van der Waals surface area contributed by atoms with Gasteiger partial charge in [-0.25, -0.2) is 0 Å². The summed E-state index contributed by atoms with van der Waals surface area (Å²) in [7, 11) is 0. The Labute approximate surface area is 136 Å². The van der Waals surface area contributed by atoms with E-state index in [0.29, 0.717) is 16.3 Å². The zero-order chi connectivity index (χ0) is 15.4. The number of H-pyrrole nitrogens is 1. The van der Waals surface area contributed by atoms with Crippen LogP contribution >= 0.6 is 28.1 Å². The van der Waals surface area contributed by atoms with E-state index in [9.17, 15) is 5.11 Å². The van der Waals surface area contributed by atoms with E-state index in [-0.39, 0.29) is 5.75 Å². The lowest BCUT2D eigenvalue weighted by Gasteiger charge is -2.10. The molecule has 0 unspecified atom stereocenters. The zero-order valence-corrected chi connectivity index (χ0v) is 14.3. The molecular formula is C14H17BrN4OS. The molecule has 0 bridgehead atoms. The third-order valence-electron chi connectivity index (χ3n) is 3.33. The summed E-state index contributed by atoms with van der Waals surface area (Å²) in [4.78, 5) is 0. The summed E-state index contributed by atoms with van der Waals surface area (Å²) >= 11 is 8.59. The molecule has 0 fully saturated rings. The van der Waals surface area contributed by atoms with Crippen molar-refractivity contribution in [2.45, 2.75) is 32.6 Å². The van der Waals surface area contributed by atoms with Gasteiger partial charge in [0.05, 0.1) is 6.21 Å². The summed E-state index contributed by atoms with van der Waals surface area (Å²) in [5, 5.41) is 21.2. The molecule has 0 spiro atoms. The fraction of sp³-hybridized carbons (Fsp3) is 0.357. The molecule has 2 aromatic rings. The molecule has 21 heavy (non-hydrogen) atoms. The molecule has 0 amide bonds. The Morgan fingerprint density at radius 3 is 2.86 bits per heavy atom. The minimum atomic E-state index is 0.168. The van der Waals surface area contributed by atoms with Crippen LogP contribution in [0.3, 0.4) is 0 Å². The average molecular weight is 369 g/mol. The molecule has 7 heteroatoms. The summed E-state index contributed by atoms with van der Waals surface area (Å²) in [6.07, 6.45) is 3.51. The Kier molecular flexibility index (Phi) is 5.30. The number of nitrogens with zero attached hydrogens (tertiary/aromatic N) is 3. The fourth-order valence-corrected chi connectivity index (χ4v) is 2.65. The number of aromatic hydroxyl groups is 1. The van der Waals surface area contributed by atoms with Crippen molar-refractivity contribution in [2.75, 3.05) is 0 Å². The molecule has 0 aliphatic heterocycles. The summed E-state index contributed by atoms with van der Waals surface area (Å²) in [6, 6.07) is 5.17. The van der Waals surface area contributed by atoms with E-state index in [4.69, 9.17) is 12.2 Å². The van der Waals surface area contributed by atoms with E-state index in [2.05, 4.69) is 45.1 Å². The van der Waals surface area contributed by atoms with Gasteiger partial charge in [0.2, 0.25) is 4.77 Å².